The molecule has 2 rings (SSSR count). The molecule has 5 nitrogen and oxygen atoms in total. The van der Waals surface area contributed by atoms with Gasteiger partial charge in [0.05, 0.1) is 18.2 Å². The fourth-order valence-electron chi connectivity index (χ4n) is 1.93. The number of phenols is 1. The van der Waals surface area contributed by atoms with E-state index in [9.17, 15) is 13.5 Å². The van der Waals surface area contributed by atoms with Gasteiger partial charge in [0, 0.05) is 6.54 Å². The van der Waals surface area contributed by atoms with Gasteiger partial charge in [0.25, 0.3) is 10.0 Å². The highest BCUT2D eigenvalue weighted by atomic mass is 32.2. The number of hydrogen-bond acceptors (Lipinski definition) is 4. The number of anilines is 1. The Morgan fingerprint density at radius 3 is 2.29 bits per heavy atom. The summed E-state index contributed by atoms with van der Waals surface area (Å²) in [6, 6.07) is 16.2. The average Bonchev–Trinajstić information content (AvgIpc) is 2.49. The maximum atomic E-state index is 12.7. The molecule has 108 valence electrons. The molecule has 0 aliphatic carbocycles. The third-order valence-corrected chi connectivity index (χ3v) is 4.78. The molecule has 0 aliphatic heterocycles. The Morgan fingerprint density at radius 2 is 1.67 bits per heavy atom. The van der Waals surface area contributed by atoms with E-state index in [1.165, 1.54) is 12.1 Å². The van der Waals surface area contributed by atoms with Crippen molar-refractivity contribution in [2.75, 3.05) is 10.8 Å². The van der Waals surface area contributed by atoms with Crippen LogP contribution in [0, 0.1) is 11.3 Å². The van der Waals surface area contributed by atoms with Crippen LogP contribution in [0.2, 0.25) is 0 Å². The smallest absolute Gasteiger partial charge is 0.268 e. The first-order valence-corrected chi connectivity index (χ1v) is 7.74. The molecule has 0 aliphatic rings. The fraction of sp³-hybridized carbons (Fsp3) is 0.133. The lowest BCUT2D eigenvalue weighted by atomic mass is 10.3. The molecule has 21 heavy (non-hydrogen) atoms. The van der Waals surface area contributed by atoms with Crippen LogP contribution in [0.1, 0.15) is 6.42 Å². The Balaban J connectivity index is 2.51. The van der Waals surface area contributed by atoms with Crippen molar-refractivity contribution in [3.63, 3.8) is 0 Å². The van der Waals surface area contributed by atoms with Crippen LogP contribution in [0.5, 0.6) is 5.75 Å². The minimum Gasteiger partial charge on any atom is -0.507 e. The molecule has 0 aromatic heterocycles. The van der Waals surface area contributed by atoms with Crippen LogP contribution in [-0.4, -0.2) is 20.1 Å². The van der Waals surface area contributed by atoms with E-state index < -0.39 is 10.0 Å². The second-order valence-electron chi connectivity index (χ2n) is 4.29. The van der Waals surface area contributed by atoms with E-state index in [2.05, 4.69) is 0 Å². The minimum absolute atomic E-state index is 0.0250. The zero-order valence-electron chi connectivity index (χ0n) is 11.2. The molecule has 0 amide bonds. The van der Waals surface area contributed by atoms with Crippen LogP contribution < -0.4 is 4.31 Å². The molecule has 0 bridgehead atoms. The van der Waals surface area contributed by atoms with E-state index in [1.807, 2.05) is 6.07 Å². The summed E-state index contributed by atoms with van der Waals surface area (Å²) in [7, 11) is -3.92. The van der Waals surface area contributed by atoms with Gasteiger partial charge in [0.2, 0.25) is 0 Å². The third-order valence-electron chi connectivity index (χ3n) is 2.90. The number of rotatable bonds is 5. The molecule has 1 N–H and O–H groups in total. The molecular weight excluding hydrogens is 288 g/mol. The van der Waals surface area contributed by atoms with Gasteiger partial charge >= 0.3 is 0 Å². The van der Waals surface area contributed by atoms with Gasteiger partial charge in [-0.25, -0.2) is 8.42 Å². The molecule has 0 spiro atoms. The summed E-state index contributed by atoms with van der Waals surface area (Å²) in [6.45, 7) is 0.0250. The predicted octanol–water partition coefficient (Wildman–Crippen LogP) is 2.50. The van der Waals surface area contributed by atoms with Crippen LogP contribution in [0.3, 0.4) is 0 Å². The van der Waals surface area contributed by atoms with Crippen molar-refractivity contribution in [1.82, 2.24) is 0 Å². The fourth-order valence-corrected chi connectivity index (χ4v) is 3.48. The predicted molar refractivity (Wildman–Crippen MR) is 79.3 cm³/mol. The normalized spacial score (nSPS) is 10.8. The highest BCUT2D eigenvalue weighted by molar-refractivity contribution is 7.93. The van der Waals surface area contributed by atoms with E-state index in [-0.39, 0.29) is 23.6 Å². The minimum atomic E-state index is -3.92. The van der Waals surface area contributed by atoms with E-state index in [0.717, 1.165) is 4.31 Å². The summed E-state index contributed by atoms with van der Waals surface area (Å²) in [5.41, 5.74) is 0.455. The van der Waals surface area contributed by atoms with Crippen molar-refractivity contribution >= 4 is 15.7 Å². The lowest BCUT2D eigenvalue weighted by Gasteiger charge is -2.23. The Hall–Kier alpha value is -2.52. The van der Waals surface area contributed by atoms with Crippen LogP contribution >= 0.6 is 0 Å². The highest BCUT2D eigenvalue weighted by Crippen LogP contribution is 2.28. The van der Waals surface area contributed by atoms with Gasteiger partial charge in [-0.2, -0.15) is 5.26 Å². The summed E-state index contributed by atoms with van der Waals surface area (Å²) in [6.07, 6.45) is 0.0573. The molecule has 0 fully saturated rings. The summed E-state index contributed by atoms with van der Waals surface area (Å²) in [5.74, 6) is -0.310. The number of para-hydroxylation sites is 2. The number of nitrogens with zero attached hydrogens (tertiary/aromatic N) is 2. The Bertz CT molecular complexity index is 752. The molecule has 0 saturated carbocycles. The largest absolute Gasteiger partial charge is 0.507 e. The van der Waals surface area contributed by atoms with Gasteiger partial charge in [-0.1, -0.05) is 30.3 Å². The van der Waals surface area contributed by atoms with Crippen LogP contribution in [0.15, 0.2) is 59.5 Å². The van der Waals surface area contributed by atoms with E-state index in [0.29, 0.717) is 5.69 Å². The molecule has 0 saturated heterocycles. The van der Waals surface area contributed by atoms with Gasteiger partial charge in [0.15, 0.2) is 0 Å². The zero-order chi connectivity index (χ0) is 15.3. The highest BCUT2D eigenvalue weighted by Gasteiger charge is 2.27. The summed E-state index contributed by atoms with van der Waals surface area (Å²) < 4.78 is 26.6. The first-order chi connectivity index (χ1) is 10.1. The Kier molecular flexibility index (Phi) is 4.45. The molecule has 0 heterocycles. The van der Waals surface area contributed by atoms with E-state index in [4.69, 9.17) is 5.26 Å². The van der Waals surface area contributed by atoms with Gasteiger partial charge < -0.3 is 5.11 Å². The standard InChI is InChI=1S/C15H14N2O3S/c16-11-6-12-17(13-7-2-1-3-8-13)21(19,20)15-10-5-4-9-14(15)18/h1-5,7-10,18H,6,12H2. The van der Waals surface area contributed by atoms with Crippen molar-refractivity contribution in [2.24, 2.45) is 0 Å². The Morgan fingerprint density at radius 1 is 1.05 bits per heavy atom. The average molecular weight is 302 g/mol. The SMILES string of the molecule is N#CCCN(c1ccccc1)S(=O)(=O)c1ccccc1O. The molecule has 6 heteroatoms. The molecule has 2 aromatic carbocycles. The number of benzene rings is 2. The summed E-state index contributed by atoms with van der Waals surface area (Å²) >= 11 is 0. The lowest BCUT2D eigenvalue weighted by Crippen LogP contribution is -2.31. The quantitative estimate of drug-likeness (QED) is 0.920. The van der Waals surface area contributed by atoms with Crippen LogP contribution in [0.25, 0.3) is 0 Å². The number of hydrogen-bond donors (Lipinski definition) is 1. The molecule has 0 atom stereocenters. The van der Waals surface area contributed by atoms with Crippen molar-refractivity contribution < 1.29 is 13.5 Å². The monoisotopic (exact) mass is 302 g/mol. The van der Waals surface area contributed by atoms with Crippen LogP contribution in [-0.2, 0) is 10.0 Å². The number of nitriles is 1. The molecule has 0 unspecified atom stereocenters. The Labute approximate surface area is 123 Å². The van der Waals surface area contributed by atoms with Crippen molar-refractivity contribution in [1.29, 1.82) is 5.26 Å². The second-order valence-corrected chi connectivity index (χ2v) is 6.12. The first-order valence-electron chi connectivity index (χ1n) is 6.30. The topological polar surface area (TPSA) is 81.4 Å². The molecule has 0 radical (unpaired) electrons. The van der Waals surface area contributed by atoms with Gasteiger partial charge in [-0.05, 0) is 24.3 Å². The first kappa shape index (κ1) is 14.9. The van der Waals surface area contributed by atoms with Crippen molar-refractivity contribution in [3.05, 3.63) is 54.6 Å². The maximum absolute atomic E-state index is 12.7. The van der Waals surface area contributed by atoms with E-state index in [1.54, 1.807) is 42.5 Å². The molecule has 2 aromatic rings. The van der Waals surface area contributed by atoms with Crippen molar-refractivity contribution in [2.45, 2.75) is 11.3 Å². The summed E-state index contributed by atoms with van der Waals surface area (Å²) in [5, 5.41) is 18.5. The number of phenolic OH excluding ortho intramolecular Hbond substituents is 1. The van der Waals surface area contributed by atoms with E-state index >= 15 is 0 Å². The zero-order valence-corrected chi connectivity index (χ0v) is 12.0. The molecular formula is C15H14N2O3S. The lowest BCUT2D eigenvalue weighted by molar-refractivity contribution is 0.458. The van der Waals surface area contributed by atoms with Crippen LogP contribution in [0.4, 0.5) is 5.69 Å². The summed E-state index contributed by atoms with van der Waals surface area (Å²) in [4.78, 5) is -0.174. The van der Waals surface area contributed by atoms with Crippen molar-refractivity contribution in [3.8, 4) is 11.8 Å². The third kappa shape index (κ3) is 3.15. The number of sulfonamides is 1. The second kappa shape index (κ2) is 6.29. The van der Waals surface area contributed by atoms with Gasteiger partial charge in [-0.15, -0.1) is 0 Å². The van der Waals surface area contributed by atoms with Gasteiger partial charge in [0.1, 0.15) is 10.6 Å². The van der Waals surface area contributed by atoms with Gasteiger partial charge in [-0.3, -0.25) is 4.31 Å². The maximum Gasteiger partial charge on any atom is 0.268 e. The number of aromatic hydroxyl groups is 1.